The zero-order valence-electron chi connectivity index (χ0n) is 30.8. The molecule has 2 atom stereocenters. The molecule has 0 aromatic heterocycles. The number of aliphatic carboxylic acids is 3. The summed E-state index contributed by atoms with van der Waals surface area (Å²) in [6.07, 6.45) is 31.8. The summed E-state index contributed by atoms with van der Waals surface area (Å²) in [4.78, 5) is 29.4. The van der Waals surface area contributed by atoms with E-state index < -0.39 is 24.5 Å². The van der Waals surface area contributed by atoms with Crippen molar-refractivity contribution in [2.75, 3.05) is 6.61 Å². The SMILES string of the molecule is CCCCCCC(O)CCCCCCCCCCC(=O)[O-].CCCCCCC(O)CCCCCCCCCCC(=O)[O-].O=C([O-])C[O-].[Ti+4]. The van der Waals surface area contributed by atoms with Crippen molar-refractivity contribution in [3.8, 4) is 0 Å². The third-order valence-electron chi connectivity index (χ3n) is 8.24. The van der Waals surface area contributed by atoms with E-state index in [1.165, 1.54) is 103 Å². The molecule has 0 aromatic carbocycles. The number of aliphatic hydroxyl groups is 2. The Kier molecular flexibility index (Phi) is 51.6. The van der Waals surface area contributed by atoms with Gasteiger partial charge in [0.1, 0.15) is 0 Å². The summed E-state index contributed by atoms with van der Waals surface area (Å²) in [6, 6.07) is 0. The van der Waals surface area contributed by atoms with Gasteiger partial charge in [-0.25, -0.2) is 0 Å². The van der Waals surface area contributed by atoms with Crippen molar-refractivity contribution in [1.29, 1.82) is 0 Å². The monoisotopic (exact) mass is 720 g/mol. The van der Waals surface area contributed by atoms with Gasteiger partial charge in [0.2, 0.25) is 0 Å². The van der Waals surface area contributed by atoms with Crippen LogP contribution in [0.4, 0.5) is 0 Å². The van der Waals surface area contributed by atoms with E-state index in [9.17, 15) is 30.0 Å². The summed E-state index contributed by atoms with van der Waals surface area (Å²) in [7, 11) is 0. The van der Waals surface area contributed by atoms with Gasteiger partial charge in [0.25, 0.3) is 0 Å². The maximum atomic E-state index is 10.2. The number of carboxylic acid groups (broad SMARTS) is 3. The molecule has 0 rings (SSSR count). The molecule has 48 heavy (non-hydrogen) atoms. The number of hydrogen-bond donors (Lipinski definition) is 2. The third kappa shape index (κ3) is 57.3. The zero-order chi connectivity index (χ0) is 35.8. The molecular formula is C38H72O9Ti. The van der Waals surface area contributed by atoms with E-state index in [1.54, 1.807) is 0 Å². The summed E-state index contributed by atoms with van der Waals surface area (Å²) < 4.78 is 0. The standard InChI is InChI=1S/2C18H36O3.C2H3O3.Ti/c2*1-2-3-4-11-14-17(19)15-12-9-7-5-6-8-10-13-16-18(20)21;3-1-2(4)5;/h2*17,19H,2-16H2,1H3,(H,20,21);1H2,(H,4,5);/q;;-1;+4/p-3. The number of carbonyl (C=O) groups is 3. The van der Waals surface area contributed by atoms with Gasteiger partial charge < -0.3 is 45.0 Å². The Bertz CT molecular complexity index is 616. The van der Waals surface area contributed by atoms with Crippen LogP contribution in [0.25, 0.3) is 0 Å². The first-order chi connectivity index (χ1) is 22.6. The molecule has 0 aliphatic heterocycles. The van der Waals surface area contributed by atoms with Gasteiger partial charge in [0.15, 0.2) is 0 Å². The molecule has 10 heteroatoms. The second-order valence-corrected chi connectivity index (χ2v) is 13.0. The normalized spacial score (nSPS) is 11.7. The molecule has 0 amide bonds. The molecule has 0 aliphatic carbocycles. The third-order valence-corrected chi connectivity index (χ3v) is 8.24. The van der Waals surface area contributed by atoms with Gasteiger partial charge in [-0.3, -0.25) is 0 Å². The Balaban J connectivity index is -0.000000346. The van der Waals surface area contributed by atoms with Gasteiger partial charge in [-0.05, 0) is 51.4 Å². The molecule has 0 bridgehead atoms. The minimum Gasteiger partial charge on any atom is -0.850 e. The average Bonchev–Trinajstić information content (AvgIpc) is 3.03. The van der Waals surface area contributed by atoms with E-state index in [-0.39, 0.29) is 46.8 Å². The van der Waals surface area contributed by atoms with Crippen molar-refractivity contribution in [2.24, 2.45) is 0 Å². The predicted molar refractivity (Wildman–Crippen MR) is 182 cm³/mol. The molecule has 9 nitrogen and oxygen atoms in total. The summed E-state index contributed by atoms with van der Waals surface area (Å²) in [6.45, 7) is 3.28. The Morgan fingerprint density at radius 3 is 0.833 bits per heavy atom. The van der Waals surface area contributed by atoms with Crippen LogP contribution in [0.5, 0.6) is 0 Å². The van der Waals surface area contributed by atoms with Gasteiger partial charge in [0.05, 0.1) is 12.2 Å². The van der Waals surface area contributed by atoms with E-state index in [2.05, 4.69) is 13.8 Å². The Hall–Kier alpha value is -0.996. The van der Waals surface area contributed by atoms with Crippen LogP contribution >= 0.6 is 0 Å². The van der Waals surface area contributed by atoms with E-state index in [0.717, 1.165) is 77.0 Å². The molecule has 0 heterocycles. The maximum absolute atomic E-state index is 10.2. The number of hydrogen-bond acceptors (Lipinski definition) is 9. The molecule has 0 aromatic rings. The number of aliphatic hydroxyl groups excluding tert-OH is 2. The zero-order valence-corrected chi connectivity index (χ0v) is 32.4. The summed E-state index contributed by atoms with van der Waals surface area (Å²) >= 11 is 0. The minimum absolute atomic E-state index is 0. The molecule has 0 spiro atoms. The van der Waals surface area contributed by atoms with Gasteiger partial charge in [0, 0.05) is 17.9 Å². The topological polar surface area (TPSA) is 184 Å². The molecule has 0 aliphatic rings. The average molecular weight is 721 g/mol. The van der Waals surface area contributed by atoms with Crippen molar-refractivity contribution >= 4 is 17.9 Å². The molecule has 0 radical (unpaired) electrons. The van der Waals surface area contributed by atoms with Crippen molar-refractivity contribution in [3.63, 3.8) is 0 Å². The predicted octanol–water partition coefficient (Wildman–Crippen LogP) is 5.03. The first-order valence-electron chi connectivity index (χ1n) is 19.1. The fraction of sp³-hybridized carbons (Fsp3) is 0.921. The summed E-state index contributed by atoms with van der Waals surface area (Å²) in [5.74, 6) is -3.41. The largest absolute Gasteiger partial charge is 4.00 e. The Morgan fingerprint density at radius 1 is 0.417 bits per heavy atom. The Morgan fingerprint density at radius 2 is 0.625 bits per heavy atom. The van der Waals surface area contributed by atoms with Crippen molar-refractivity contribution in [3.05, 3.63) is 0 Å². The van der Waals surface area contributed by atoms with E-state index in [4.69, 9.17) is 15.0 Å². The molecule has 2 N–H and O–H groups in total. The first-order valence-corrected chi connectivity index (χ1v) is 19.1. The summed E-state index contributed by atoms with van der Waals surface area (Å²) in [5.41, 5.74) is 0. The van der Waals surface area contributed by atoms with E-state index >= 15 is 0 Å². The van der Waals surface area contributed by atoms with Crippen LogP contribution in [0.15, 0.2) is 0 Å². The van der Waals surface area contributed by atoms with Gasteiger partial charge in [-0.1, -0.05) is 162 Å². The maximum Gasteiger partial charge on any atom is 4.00 e. The van der Waals surface area contributed by atoms with E-state index in [0.29, 0.717) is 0 Å². The van der Waals surface area contributed by atoms with Crippen LogP contribution in [0.3, 0.4) is 0 Å². The van der Waals surface area contributed by atoms with Crippen LogP contribution < -0.4 is 20.4 Å². The number of rotatable bonds is 33. The van der Waals surface area contributed by atoms with Gasteiger partial charge in [-0.2, -0.15) is 0 Å². The first kappa shape index (κ1) is 53.8. The smallest absolute Gasteiger partial charge is 0.850 e. The van der Waals surface area contributed by atoms with Crippen LogP contribution in [0, 0.1) is 0 Å². The van der Waals surface area contributed by atoms with Crippen LogP contribution in [0.2, 0.25) is 0 Å². The van der Waals surface area contributed by atoms with Crippen molar-refractivity contribution in [1.82, 2.24) is 0 Å². The van der Waals surface area contributed by atoms with E-state index in [1.807, 2.05) is 0 Å². The molecular weight excluding hydrogens is 648 g/mol. The van der Waals surface area contributed by atoms with Gasteiger partial charge in [-0.15, -0.1) is 0 Å². The minimum atomic E-state index is -1.55. The molecule has 2 unspecified atom stereocenters. The molecule has 0 fully saturated rings. The summed E-state index contributed by atoms with van der Waals surface area (Å²) in [5, 5.41) is 58.0. The second-order valence-electron chi connectivity index (χ2n) is 13.0. The molecule has 0 saturated heterocycles. The second kappa shape index (κ2) is 46.0. The number of carbonyl (C=O) groups excluding carboxylic acids is 3. The number of carboxylic acids is 3. The Labute approximate surface area is 309 Å². The quantitative estimate of drug-likeness (QED) is 0.0693. The van der Waals surface area contributed by atoms with Crippen LogP contribution in [-0.4, -0.2) is 46.9 Å². The van der Waals surface area contributed by atoms with Crippen LogP contribution in [0.1, 0.15) is 206 Å². The fourth-order valence-electron chi connectivity index (χ4n) is 5.32. The van der Waals surface area contributed by atoms with Crippen molar-refractivity contribution < 1.29 is 66.7 Å². The van der Waals surface area contributed by atoms with Crippen molar-refractivity contribution in [2.45, 2.75) is 219 Å². The van der Waals surface area contributed by atoms with Crippen LogP contribution in [-0.2, 0) is 36.1 Å². The molecule has 0 saturated carbocycles. The number of unbranched alkanes of at least 4 members (excludes halogenated alkanes) is 20. The molecule has 282 valence electrons. The fourth-order valence-corrected chi connectivity index (χ4v) is 5.32. The van der Waals surface area contributed by atoms with Gasteiger partial charge >= 0.3 is 21.7 Å².